The molecule has 82 valence electrons. The summed E-state index contributed by atoms with van der Waals surface area (Å²) in [6.45, 7) is 7.24. The summed E-state index contributed by atoms with van der Waals surface area (Å²) >= 11 is 6.04. The van der Waals surface area contributed by atoms with Gasteiger partial charge in [0, 0.05) is 38.9 Å². The van der Waals surface area contributed by atoms with E-state index in [0.717, 1.165) is 43.4 Å². The molecular weight excluding hydrogens is 210 g/mol. The number of nitrogens with zero attached hydrogens (tertiary/aromatic N) is 2. The van der Waals surface area contributed by atoms with Crippen LogP contribution in [0.4, 0.5) is 0 Å². The van der Waals surface area contributed by atoms with Crippen LogP contribution < -0.4 is 5.32 Å². The largest absolute Gasteiger partial charge is 0.314 e. The van der Waals surface area contributed by atoms with Crippen LogP contribution in [0.25, 0.3) is 0 Å². The summed E-state index contributed by atoms with van der Waals surface area (Å²) in [5.41, 5.74) is 2.10. The van der Waals surface area contributed by atoms with Gasteiger partial charge in [0.1, 0.15) is 0 Å². The van der Waals surface area contributed by atoms with E-state index in [9.17, 15) is 0 Å². The Morgan fingerprint density at radius 1 is 1.47 bits per heavy atom. The van der Waals surface area contributed by atoms with Crippen molar-refractivity contribution in [2.75, 3.05) is 26.2 Å². The van der Waals surface area contributed by atoms with E-state index >= 15 is 0 Å². The number of aromatic nitrogens is 1. The fraction of sp³-hybridized carbons (Fsp3) is 0.545. The van der Waals surface area contributed by atoms with E-state index in [1.54, 1.807) is 0 Å². The van der Waals surface area contributed by atoms with Crippen molar-refractivity contribution in [3.05, 3.63) is 28.5 Å². The molecule has 1 aromatic rings. The van der Waals surface area contributed by atoms with Crippen molar-refractivity contribution in [3.8, 4) is 0 Å². The first-order valence-electron chi connectivity index (χ1n) is 5.30. The SMILES string of the molecule is Cc1ncc(CN2CCNCC2)cc1Cl. The molecule has 1 aliphatic heterocycles. The minimum Gasteiger partial charge on any atom is -0.314 e. The number of halogens is 1. The second-order valence-corrected chi connectivity index (χ2v) is 4.34. The Balaban J connectivity index is 2.00. The highest BCUT2D eigenvalue weighted by molar-refractivity contribution is 6.31. The zero-order valence-corrected chi connectivity index (χ0v) is 9.72. The molecular formula is C11H16ClN3. The minimum atomic E-state index is 0.766. The maximum absolute atomic E-state index is 6.04. The molecule has 1 aromatic heterocycles. The van der Waals surface area contributed by atoms with Crippen LogP contribution in [0.15, 0.2) is 12.3 Å². The molecule has 0 atom stereocenters. The molecule has 2 heterocycles. The number of rotatable bonds is 2. The van der Waals surface area contributed by atoms with Gasteiger partial charge in [-0.25, -0.2) is 0 Å². The van der Waals surface area contributed by atoms with E-state index in [-0.39, 0.29) is 0 Å². The van der Waals surface area contributed by atoms with Gasteiger partial charge >= 0.3 is 0 Å². The van der Waals surface area contributed by atoms with Crippen molar-refractivity contribution in [1.29, 1.82) is 0 Å². The number of hydrogen-bond acceptors (Lipinski definition) is 3. The Kier molecular flexibility index (Phi) is 3.57. The second kappa shape index (κ2) is 4.92. The van der Waals surface area contributed by atoms with Crippen LogP contribution in [0, 0.1) is 6.92 Å². The quantitative estimate of drug-likeness (QED) is 0.826. The van der Waals surface area contributed by atoms with Gasteiger partial charge in [0.2, 0.25) is 0 Å². The first kappa shape index (κ1) is 10.9. The summed E-state index contributed by atoms with van der Waals surface area (Å²) < 4.78 is 0. The lowest BCUT2D eigenvalue weighted by Gasteiger charge is -2.27. The van der Waals surface area contributed by atoms with E-state index in [1.165, 1.54) is 5.56 Å². The summed E-state index contributed by atoms with van der Waals surface area (Å²) in [6.07, 6.45) is 1.92. The zero-order valence-electron chi connectivity index (χ0n) is 8.96. The summed E-state index contributed by atoms with van der Waals surface area (Å²) in [5, 5.41) is 4.10. The lowest BCUT2D eigenvalue weighted by molar-refractivity contribution is 0.233. The van der Waals surface area contributed by atoms with Crippen molar-refractivity contribution in [3.63, 3.8) is 0 Å². The van der Waals surface area contributed by atoms with Gasteiger partial charge in [-0.1, -0.05) is 11.6 Å². The molecule has 2 rings (SSSR count). The third-order valence-corrected chi connectivity index (χ3v) is 3.08. The van der Waals surface area contributed by atoms with Gasteiger partial charge in [0.25, 0.3) is 0 Å². The molecule has 0 saturated carbocycles. The molecule has 1 fully saturated rings. The highest BCUT2D eigenvalue weighted by Crippen LogP contribution is 2.15. The molecule has 0 unspecified atom stereocenters. The van der Waals surface area contributed by atoms with Crippen LogP contribution >= 0.6 is 11.6 Å². The molecule has 4 heteroatoms. The van der Waals surface area contributed by atoms with Crippen LogP contribution in [-0.4, -0.2) is 36.1 Å². The van der Waals surface area contributed by atoms with Gasteiger partial charge in [-0.2, -0.15) is 0 Å². The average Bonchev–Trinajstić information content (AvgIpc) is 2.25. The predicted octanol–water partition coefficient (Wildman–Crippen LogP) is 1.45. The predicted molar refractivity (Wildman–Crippen MR) is 62.1 cm³/mol. The molecule has 1 N–H and O–H groups in total. The van der Waals surface area contributed by atoms with Crippen molar-refractivity contribution in [1.82, 2.24) is 15.2 Å². The Bertz CT molecular complexity index is 335. The van der Waals surface area contributed by atoms with Gasteiger partial charge in [0.05, 0.1) is 10.7 Å². The van der Waals surface area contributed by atoms with Crippen LogP contribution in [0.2, 0.25) is 5.02 Å². The van der Waals surface area contributed by atoms with Crippen molar-refractivity contribution in [2.24, 2.45) is 0 Å². The summed E-state index contributed by atoms with van der Waals surface area (Å²) in [6, 6.07) is 2.02. The number of nitrogens with one attached hydrogen (secondary N) is 1. The average molecular weight is 226 g/mol. The van der Waals surface area contributed by atoms with Gasteiger partial charge in [-0.15, -0.1) is 0 Å². The molecule has 0 aliphatic carbocycles. The maximum atomic E-state index is 6.04. The second-order valence-electron chi connectivity index (χ2n) is 3.94. The lowest BCUT2D eigenvalue weighted by atomic mass is 10.2. The zero-order chi connectivity index (χ0) is 10.7. The number of pyridine rings is 1. The fourth-order valence-corrected chi connectivity index (χ4v) is 1.95. The first-order chi connectivity index (χ1) is 7.25. The standard InChI is InChI=1S/C11H16ClN3/c1-9-11(12)6-10(7-14-9)8-15-4-2-13-3-5-15/h6-7,13H,2-5,8H2,1H3. The Morgan fingerprint density at radius 2 is 2.20 bits per heavy atom. The number of hydrogen-bond donors (Lipinski definition) is 1. The van der Waals surface area contributed by atoms with Crippen molar-refractivity contribution in [2.45, 2.75) is 13.5 Å². The van der Waals surface area contributed by atoms with Crippen LogP contribution in [0.5, 0.6) is 0 Å². The van der Waals surface area contributed by atoms with Crippen LogP contribution in [0.1, 0.15) is 11.3 Å². The molecule has 0 amide bonds. The molecule has 3 nitrogen and oxygen atoms in total. The van der Waals surface area contributed by atoms with Gasteiger partial charge in [0.15, 0.2) is 0 Å². The molecule has 0 spiro atoms. The minimum absolute atomic E-state index is 0.766. The number of piperazine rings is 1. The van der Waals surface area contributed by atoms with Crippen LogP contribution in [0.3, 0.4) is 0 Å². The summed E-state index contributed by atoms with van der Waals surface area (Å²) in [4.78, 5) is 6.69. The Morgan fingerprint density at radius 3 is 2.87 bits per heavy atom. The Labute approximate surface area is 95.4 Å². The summed E-state index contributed by atoms with van der Waals surface area (Å²) in [5.74, 6) is 0. The molecule has 0 bridgehead atoms. The maximum Gasteiger partial charge on any atom is 0.0621 e. The fourth-order valence-electron chi connectivity index (χ4n) is 1.76. The van der Waals surface area contributed by atoms with E-state index in [0.29, 0.717) is 0 Å². The van der Waals surface area contributed by atoms with Gasteiger partial charge in [-0.05, 0) is 18.6 Å². The topological polar surface area (TPSA) is 28.2 Å². The molecule has 15 heavy (non-hydrogen) atoms. The highest BCUT2D eigenvalue weighted by atomic mass is 35.5. The highest BCUT2D eigenvalue weighted by Gasteiger charge is 2.10. The molecule has 1 aliphatic rings. The monoisotopic (exact) mass is 225 g/mol. The summed E-state index contributed by atoms with van der Waals surface area (Å²) in [7, 11) is 0. The lowest BCUT2D eigenvalue weighted by Crippen LogP contribution is -2.42. The normalized spacial score (nSPS) is 18.0. The third kappa shape index (κ3) is 2.91. The number of aryl methyl sites for hydroxylation is 1. The van der Waals surface area contributed by atoms with Crippen molar-refractivity contribution < 1.29 is 0 Å². The third-order valence-electron chi connectivity index (χ3n) is 2.70. The van der Waals surface area contributed by atoms with Crippen LogP contribution in [-0.2, 0) is 6.54 Å². The van der Waals surface area contributed by atoms with Gasteiger partial charge in [-0.3, -0.25) is 9.88 Å². The van der Waals surface area contributed by atoms with Crippen molar-refractivity contribution >= 4 is 11.6 Å². The van der Waals surface area contributed by atoms with E-state index < -0.39 is 0 Å². The molecule has 1 saturated heterocycles. The van der Waals surface area contributed by atoms with E-state index in [1.807, 2.05) is 19.2 Å². The van der Waals surface area contributed by atoms with Gasteiger partial charge < -0.3 is 5.32 Å². The smallest absolute Gasteiger partial charge is 0.0621 e. The van der Waals surface area contributed by atoms with E-state index in [4.69, 9.17) is 11.6 Å². The first-order valence-corrected chi connectivity index (χ1v) is 5.67. The molecule has 0 aromatic carbocycles. The molecule has 0 radical (unpaired) electrons. The Hall–Kier alpha value is -0.640. The van der Waals surface area contributed by atoms with E-state index in [2.05, 4.69) is 15.2 Å².